The molecule has 0 unspecified atom stereocenters. The first kappa shape index (κ1) is 10.3. The van der Waals surface area contributed by atoms with E-state index in [0.717, 1.165) is 17.1 Å². The van der Waals surface area contributed by atoms with E-state index in [4.69, 9.17) is 10.5 Å². The number of benzene rings is 1. The van der Waals surface area contributed by atoms with Gasteiger partial charge in [-0.15, -0.1) is 0 Å². The largest absolute Gasteiger partial charge is 0.497 e. The monoisotopic (exact) mass is 215 g/mol. The highest BCUT2D eigenvalue weighted by atomic mass is 16.5. The van der Waals surface area contributed by atoms with Gasteiger partial charge in [0.05, 0.1) is 12.8 Å². The first-order chi connectivity index (χ1) is 7.79. The van der Waals surface area contributed by atoms with Crippen LogP contribution in [0.4, 0.5) is 17.2 Å². The van der Waals surface area contributed by atoms with Crippen molar-refractivity contribution in [2.24, 2.45) is 0 Å². The van der Waals surface area contributed by atoms with Crippen molar-refractivity contribution >= 4 is 17.2 Å². The maximum absolute atomic E-state index is 5.73. The average Bonchev–Trinajstić information content (AvgIpc) is 2.33. The van der Waals surface area contributed by atoms with Crippen molar-refractivity contribution in [2.75, 3.05) is 18.2 Å². The number of methoxy groups -OCH3 is 1. The minimum Gasteiger partial charge on any atom is -0.497 e. The Morgan fingerprint density at radius 1 is 1.19 bits per heavy atom. The maximum Gasteiger partial charge on any atom is 0.147 e. The molecule has 0 aliphatic rings. The summed E-state index contributed by atoms with van der Waals surface area (Å²) in [6.07, 6.45) is 1.66. The molecule has 16 heavy (non-hydrogen) atoms. The van der Waals surface area contributed by atoms with Gasteiger partial charge in [-0.2, -0.15) is 0 Å². The number of nitrogen functional groups attached to an aromatic ring is 1. The number of ether oxygens (including phenoxy) is 1. The van der Waals surface area contributed by atoms with Crippen LogP contribution < -0.4 is 15.8 Å². The van der Waals surface area contributed by atoms with Gasteiger partial charge in [0.1, 0.15) is 11.6 Å². The molecule has 3 N–H and O–H groups in total. The summed E-state index contributed by atoms with van der Waals surface area (Å²) < 4.78 is 5.08. The van der Waals surface area contributed by atoms with Gasteiger partial charge in [-0.3, -0.25) is 0 Å². The van der Waals surface area contributed by atoms with Crippen LogP contribution in [0.5, 0.6) is 5.75 Å². The van der Waals surface area contributed by atoms with Crippen molar-refractivity contribution in [3.05, 3.63) is 42.6 Å². The lowest BCUT2D eigenvalue weighted by molar-refractivity contribution is 0.415. The Labute approximate surface area is 94.1 Å². The molecule has 0 radical (unpaired) electrons. The molecular weight excluding hydrogens is 202 g/mol. The second-order valence-corrected chi connectivity index (χ2v) is 3.29. The Bertz CT molecular complexity index is 468. The molecule has 1 aromatic heterocycles. The van der Waals surface area contributed by atoms with Crippen molar-refractivity contribution in [3.8, 4) is 5.75 Å². The lowest BCUT2D eigenvalue weighted by Crippen LogP contribution is -1.97. The van der Waals surface area contributed by atoms with Gasteiger partial charge >= 0.3 is 0 Å². The first-order valence-electron chi connectivity index (χ1n) is 4.91. The Morgan fingerprint density at radius 2 is 1.94 bits per heavy atom. The van der Waals surface area contributed by atoms with Gasteiger partial charge in [-0.1, -0.05) is 0 Å². The van der Waals surface area contributed by atoms with E-state index in [-0.39, 0.29) is 0 Å². The van der Waals surface area contributed by atoms with Crippen LogP contribution >= 0.6 is 0 Å². The van der Waals surface area contributed by atoms with Crippen molar-refractivity contribution in [1.82, 2.24) is 4.98 Å². The molecule has 0 amide bonds. The standard InChI is InChI=1S/C12H13N3O/c1-16-10-6-4-9(5-7-10)15-11-3-2-8-14-12(11)13/h2-8,15H,1H3,(H2,13,14). The fourth-order valence-corrected chi connectivity index (χ4v) is 1.35. The second kappa shape index (κ2) is 4.53. The number of nitrogens with one attached hydrogen (secondary N) is 1. The zero-order valence-corrected chi connectivity index (χ0v) is 8.97. The lowest BCUT2D eigenvalue weighted by Gasteiger charge is -2.08. The maximum atomic E-state index is 5.73. The molecule has 0 bridgehead atoms. The molecule has 0 fully saturated rings. The third-order valence-corrected chi connectivity index (χ3v) is 2.21. The Balaban J connectivity index is 2.18. The summed E-state index contributed by atoms with van der Waals surface area (Å²) in [5.74, 6) is 1.31. The molecule has 0 spiro atoms. The van der Waals surface area contributed by atoms with E-state index in [1.165, 1.54) is 0 Å². The van der Waals surface area contributed by atoms with Gasteiger partial charge in [0.2, 0.25) is 0 Å². The zero-order chi connectivity index (χ0) is 11.4. The quantitative estimate of drug-likeness (QED) is 0.825. The normalized spacial score (nSPS) is 9.81. The highest BCUT2D eigenvalue weighted by Crippen LogP contribution is 2.22. The number of nitrogens with zero attached hydrogens (tertiary/aromatic N) is 1. The Hall–Kier alpha value is -2.23. The van der Waals surface area contributed by atoms with E-state index >= 15 is 0 Å². The summed E-state index contributed by atoms with van der Waals surface area (Å²) in [7, 11) is 1.64. The second-order valence-electron chi connectivity index (χ2n) is 3.29. The van der Waals surface area contributed by atoms with Crippen molar-refractivity contribution in [3.63, 3.8) is 0 Å². The third kappa shape index (κ3) is 2.23. The molecule has 1 heterocycles. The highest BCUT2D eigenvalue weighted by molar-refractivity contribution is 5.69. The minimum absolute atomic E-state index is 0.485. The third-order valence-electron chi connectivity index (χ3n) is 2.21. The summed E-state index contributed by atoms with van der Waals surface area (Å²) in [5.41, 5.74) is 7.47. The molecule has 0 atom stereocenters. The number of hydrogen-bond acceptors (Lipinski definition) is 4. The minimum atomic E-state index is 0.485. The summed E-state index contributed by atoms with van der Waals surface area (Å²) in [5, 5.41) is 3.18. The first-order valence-corrected chi connectivity index (χ1v) is 4.91. The van der Waals surface area contributed by atoms with Crippen LogP contribution in [0.2, 0.25) is 0 Å². The fraction of sp³-hybridized carbons (Fsp3) is 0.0833. The van der Waals surface area contributed by atoms with Crippen LogP contribution in [-0.2, 0) is 0 Å². The van der Waals surface area contributed by atoms with E-state index in [1.807, 2.05) is 36.4 Å². The molecule has 0 aliphatic heterocycles. The van der Waals surface area contributed by atoms with Gasteiger partial charge in [0.25, 0.3) is 0 Å². The van der Waals surface area contributed by atoms with Crippen LogP contribution in [0.15, 0.2) is 42.6 Å². The number of pyridine rings is 1. The fourth-order valence-electron chi connectivity index (χ4n) is 1.35. The number of hydrogen-bond donors (Lipinski definition) is 2. The van der Waals surface area contributed by atoms with Crippen molar-refractivity contribution < 1.29 is 4.74 Å². The van der Waals surface area contributed by atoms with Crippen molar-refractivity contribution in [1.29, 1.82) is 0 Å². The Kier molecular flexibility index (Phi) is 2.91. The van der Waals surface area contributed by atoms with Crippen LogP contribution in [0.25, 0.3) is 0 Å². The van der Waals surface area contributed by atoms with E-state index in [1.54, 1.807) is 13.3 Å². The van der Waals surface area contributed by atoms with Crippen LogP contribution in [0.3, 0.4) is 0 Å². The molecule has 0 saturated carbocycles. The summed E-state index contributed by atoms with van der Waals surface area (Å²) in [6, 6.07) is 11.3. The SMILES string of the molecule is COc1ccc(Nc2cccnc2N)cc1. The topological polar surface area (TPSA) is 60.2 Å². The average molecular weight is 215 g/mol. The summed E-state index contributed by atoms with van der Waals surface area (Å²) >= 11 is 0. The molecule has 4 nitrogen and oxygen atoms in total. The molecule has 82 valence electrons. The number of anilines is 3. The predicted octanol–water partition coefficient (Wildman–Crippen LogP) is 2.42. The van der Waals surface area contributed by atoms with E-state index in [9.17, 15) is 0 Å². The molecule has 4 heteroatoms. The molecule has 1 aromatic carbocycles. The molecule has 2 aromatic rings. The van der Waals surface area contributed by atoms with Gasteiger partial charge in [-0.05, 0) is 36.4 Å². The van der Waals surface area contributed by atoms with Crippen molar-refractivity contribution in [2.45, 2.75) is 0 Å². The van der Waals surface area contributed by atoms with Gasteiger partial charge in [0, 0.05) is 11.9 Å². The van der Waals surface area contributed by atoms with Crippen LogP contribution in [0, 0.1) is 0 Å². The molecular formula is C12H13N3O. The van der Waals surface area contributed by atoms with E-state index in [2.05, 4.69) is 10.3 Å². The predicted molar refractivity (Wildman–Crippen MR) is 64.9 cm³/mol. The van der Waals surface area contributed by atoms with Crippen LogP contribution in [-0.4, -0.2) is 12.1 Å². The smallest absolute Gasteiger partial charge is 0.147 e. The Morgan fingerprint density at radius 3 is 2.56 bits per heavy atom. The molecule has 0 saturated heterocycles. The number of nitrogens with two attached hydrogens (primary N) is 1. The highest BCUT2D eigenvalue weighted by Gasteiger charge is 1.99. The van der Waals surface area contributed by atoms with Gasteiger partial charge < -0.3 is 15.8 Å². The molecule has 2 rings (SSSR count). The lowest BCUT2D eigenvalue weighted by atomic mass is 10.3. The molecule has 0 aliphatic carbocycles. The summed E-state index contributed by atoms with van der Waals surface area (Å²) in [6.45, 7) is 0. The van der Waals surface area contributed by atoms with E-state index < -0.39 is 0 Å². The number of rotatable bonds is 3. The van der Waals surface area contributed by atoms with Gasteiger partial charge in [-0.25, -0.2) is 4.98 Å². The van der Waals surface area contributed by atoms with Gasteiger partial charge in [0.15, 0.2) is 0 Å². The zero-order valence-electron chi connectivity index (χ0n) is 8.97. The van der Waals surface area contributed by atoms with E-state index in [0.29, 0.717) is 5.82 Å². The van der Waals surface area contributed by atoms with Crippen LogP contribution in [0.1, 0.15) is 0 Å². The number of aromatic nitrogens is 1. The summed E-state index contributed by atoms with van der Waals surface area (Å²) in [4.78, 5) is 4.00.